The first-order valence-corrected chi connectivity index (χ1v) is 12.3. The molecule has 2 aromatic heterocycles. The zero-order valence-corrected chi connectivity index (χ0v) is 19.5. The second-order valence-electron chi connectivity index (χ2n) is 8.84. The Morgan fingerprint density at radius 3 is 2.62 bits per heavy atom. The van der Waals surface area contributed by atoms with Gasteiger partial charge in [-0.1, -0.05) is 48.7 Å². The minimum absolute atomic E-state index is 0.0474. The number of rotatable bonds is 2. The molecule has 0 radical (unpaired) electrons. The number of aromatic nitrogens is 1. The van der Waals surface area contributed by atoms with E-state index in [2.05, 4.69) is 0 Å². The number of hydrogen-bond acceptors (Lipinski definition) is 5. The van der Waals surface area contributed by atoms with Gasteiger partial charge in [-0.05, 0) is 54.8 Å². The van der Waals surface area contributed by atoms with E-state index in [0.29, 0.717) is 9.92 Å². The van der Waals surface area contributed by atoms with Crippen molar-refractivity contribution < 1.29 is 13.9 Å². The summed E-state index contributed by atoms with van der Waals surface area (Å²) in [7, 11) is 0. The predicted octanol–water partition coefficient (Wildman–Crippen LogP) is 6.16. The molecule has 0 saturated heterocycles. The molecule has 2 aromatic carbocycles. The van der Waals surface area contributed by atoms with Gasteiger partial charge in [0.2, 0.25) is 0 Å². The molecule has 4 aromatic rings. The van der Waals surface area contributed by atoms with Gasteiger partial charge in [-0.15, -0.1) is 0 Å². The van der Waals surface area contributed by atoms with E-state index in [1.807, 2.05) is 12.1 Å². The van der Waals surface area contributed by atoms with E-state index in [4.69, 9.17) is 16.0 Å². The highest BCUT2D eigenvalue weighted by atomic mass is 35.5. The number of aromatic hydroxyl groups is 1. The van der Waals surface area contributed by atoms with Crippen LogP contribution in [0.3, 0.4) is 0 Å². The Morgan fingerprint density at radius 1 is 1.06 bits per heavy atom. The molecule has 1 saturated carbocycles. The van der Waals surface area contributed by atoms with Crippen molar-refractivity contribution in [1.82, 2.24) is 4.57 Å². The molecule has 0 unspecified atom stereocenters. The monoisotopic (exact) mass is 495 g/mol. The van der Waals surface area contributed by atoms with Crippen LogP contribution < -0.4 is 11.2 Å². The summed E-state index contributed by atoms with van der Waals surface area (Å²) in [6.45, 7) is 0. The van der Waals surface area contributed by atoms with Gasteiger partial charge in [0, 0.05) is 27.1 Å². The molecular formula is C26H19ClFNO4S. The molecule has 34 heavy (non-hydrogen) atoms. The summed E-state index contributed by atoms with van der Waals surface area (Å²) in [5.41, 5.74) is 0.901. The van der Waals surface area contributed by atoms with E-state index in [0.717, 1.165) is 60.8 Å². The van der Waals surface area contributed by atoms with Gasteiger partial charge in [-0.25, -0.2) is 9.18 Å². The molecule has 1 N–H and O–H groups in total. The zero-order chi connectivity index (χ0) is 23.6. The highest BCUT2D eigenvalue weighted by molar-refractivity contribution is 7.99. The van der Waals surface area contributed by atoms with E-state index in [1.165, 1.54) is 18.2 Å². The molecule has 0 bridgehead atoms. The quantitative estimate of drug-likeness (QED) is 0.360. The molecule has 1 spiro atoms. The van der Waals surface area contributed by atoms with Crippen LogP contribution in [0.5, 0.6) is 5.75 Å². The first-order valence-electron chi connectivity index (χ1n) is 11.1. The van der Waals surface area contributed by atoms with Crippen LogP contribution in [0, 0.1) is 5.82 Å². The standard InChI is InChI=1S/C26H19ClFNO4S/c27-14-7-8-18-17(11-14)26(9-2-1-3-10-26)20-13-19-21(24(31)29(18)20)22(30)23(25(32)33-19)34-16-6-4-5-15(28)12-16/h4-8,11-13,30H,1-3,9-10H2. The predicted molar refractivity (Wildman–Crippen MR) is 129 cm³/mol. The second-order valence-corrected chi connectivity index (χ2v) is 10.4. The van der Waals surface area contributed by atoms with E-state index in [9.17, 15) is 19.1 Å². The van der Waals surface area contributed by atoms with Crippen molar-refractivity contribution in [2.45, 2.75) is 47.3 Å². The maximum atomic E-state index is 13.8. The molecule has 1 fully saturated rings. The molecule has 1 aliphatic heterocycles. The lowest BCUT2D eigenvalue weighted by molar-refractivity contribution is 0.346. The third-order valence-electron chi connectivity index (χ3n) is 6.94. The van der Waals surface area contributed by atoms with Gasteiger partial charge < -0.3 is 9.52 Å². The number of pyridine rings is 1. The number of hydrogen-bond donors (Lipinski definition) is 1. The zero-order valence-electron chi connectivity index (χ0n) is 17.9. The lowest BCUT2D eigenvalue weighted by Crippen LogP contribution is -2.31. The minimum atomic E-state index is -0.778. The number of benzene rings is 2. The minimum Gasteiger partial charge on any atom is -0.505 e. The molecule has 8 heteroatoms. The van der Waals surface area contributed by atoms with E-state index < -0.39 is 28.2 Å². The molecule has 3 heterocycles. The largest absolute Gasteiger partial charge is 0.505 e. The smallest absolute Gasteiger partial charge is 0.354 e. The van der Waals surface area contributed by atoms with Crippen molar-refractivity contribution in [3.63, 3.8) is 0 Å². The summed E-state index contributed by atoms with van der Waals surface area (Å²) in [5.74, 6) is -0.929. The van der Waals surface area contributed by atoms with Gasteiger partial charge in [0.25, 0.3) is 5.56 Å². The summed E-state index contributed by atoms with van der Waals surface area (Å²) in [6, 6.07) is 12.9. The third kappa shape index (κ3) is 3.07. The Morgan fingerprint density at radius 2 is 1.85 bits per heavy atom. The fraction of sp³-hybridized carbons (Fsp3) is 0.231. The maximum absolute atomic E-state index is 13.8. The van der Waals surface area contributed by atoms with Gasteiger partial charge in [-0.2, -0.15) is 0 Å². The van der Waals surface area contributed by atoms with E-state index >= 15 is 0 Å². The molecule has 0 amide bonds. The Labute approximate surface area is 202 Å². The summed E-state index contributed by atoms with van der Waals surface area (Å²) in [4.78, 5) is 26.9. The summed E-state index contributed by atoms with van der Waals surface area (Å²) in [5, 5.41) is 11.6. The van der Waals surface area contributed by atoms with Crippen molar-refractivity contribution in [3.05, 3.63) is 91.4 Å². The highest BCUT2D eigenvalue weighted by Gasteiger charge is 2.45. The molecule has 1 aliphatic carbocycles. The van der Waals surface area contributed by atoms with Crippen LogP contribution in [0.1, 0.15) is 43.4 Å². The van der Waals surface area contributed by atoms with E-state index in [-0.39, 0.29) is 15.9 Å². The number of nitrogens with zero attached hydrogens (tertiary/aromatic N) is 1. The van der Waals surface area contributed by atoms with Gasteiger partial charge in [-0.3, -0.25) is 9.36 Å². The second kappa shape index (κ2) is 7.75. The summed E-state index contributed by atoms with van der Waals surface area (Å²) in [6.07, 6.45) is 4.85. The SMILES string of the molecule is O=c1oc2cc3n(c(=O)c2c(O)c1Sc1cccc(F)c1)-c1ccc(Cl)cc1C31CCCCC1. The molecule has 5 nitrogen and oxygen atoms in total. The van der Waals surface area contributed by atoms with Crippen LogP contribution in [0.25, 0.3) is 16.7 Å². The van der Waals surface area contributed by atoms with Gasteiger partial charge >= 0.3 is 5.63 Å². The first-order chi connectivity index (χ1) is 16.4. The summed E-state index contributed by atoms with van der Waals surface area (Å²) < 4.78 is 20.8. The van der Waals surface area contributed by atoms with Crippen molar-refractivity contribution in [1.29, 1.82) is 0 Å². The fourth-order valence-corrected chi connectivity index (χ4v) is 6.53. The molecule has 2 aliphatic rings. The van der Waals surface area contributed by atoms with Crippen LogP contribution in [-0.4, -0.2) is 9.67 Å². The third-order valence-corrected chi connectivity index (χ3v) is 8.23. The Bertz CT molecular complexity index is 1600. The van der Waals surface area contributed by atoms with Crippen molar-refractivity contribution in [2.24, 2.45) is 0 Å². The lowest BCUT2D eigenvalue weighted by Gasteiger charge is -2.34. The average molecular weight is 496 g/mol. The lowest BCUT2D eigenvalue weighted by atomic mass is 9.68. The number of fused-ring (bicyclic) bond motifs is 6. The molecular weight excluding hydrogens is 477 g/mol. The first kappa shape index (κ1) is 21.5. The maximum Gasteiger partial charge on any atom is 0.354 e. The molecule has 0 atom stereocenters. The Hall–Kier alpha value is -3.03. The Kier molecular flexibility index (Phi) is 4.90. The van der Waals surface area contributed by atoms with Gasteiger partial charge in [0.15, 0.2) is 5.75 Å². The van der Waals surface area contributed by atoms with E-state index in [1.54, 1.807) is 22.8 Å². The van der Waals surface area contributed by atoms with Crippen molar-refractivity contribution in [3.8, 4) is 11.4 Å². The van der Waals surface area contributed by atoms with Crippen LogP contribution >= 0.6 is 23.4 Å². The van der Waals surface area contributed by atoms with Crippen molar-refractivity contribution >= 4 is 34.3 Å². The van der Waals surface area contributed by atoms with Crippen LogP contribution in [0.4, 0.5) is 4.39 Å². The Balaban J connectivity index is 1.63. The van der Waals surface area contributed by atoms with Gasteiger partial charge in [0.05, 0.1) is 5.69 Å². The van der Waals surface area contributed by atoms with Crippen LogP contribution in [-0.2, 0) is 5.41 Å². The summed E-state index contributed by atoms with van der Waals surface area (Å²) >= 11 is 7.21. The fourth-order valence-electron chi connectivity index (χ4n) is 5.48. The topological polar surface area (TPSA) is 72.4 Å². The molecule has 172 valence electrons. The normalized spacial score (nSPS) is 16.1. The molecule has 6 rings (SSSR count). The van der Waals surface area contributed by atoms with Crippen LogP contribution in [0.2, 0.25) is 5.02 Å². The van der Waals surface area contributed by atoms with Crippen LogP contribution in [0.15, 0.2) is 72.3 Å². The average Bonchev–Trinajstić information content (AvgIpc) is 3.06. The highest BCUT2D eigenvalue weighted by Crippen LogP contribution is 2.52. The number of halogens is 2. The van der Waals surface area contributed by atoms with Crippen molar-refractivity contribution in [2.75, 3.05) is 0 Å². The van der Waals surface area contributed by atoms with Gasteiger partial charge in [0.1, 0.15) is 21.7 Å².